The van der Waals surface area contributed by atoms with E-state index in [1.165, 1.54) is 12.8 Å². The van der Waals surface area contributed by atoms with Crippen molar-refractivity contribution in [2.24, 2.45) is 5.92 Å². The van der Waals surface area contributed by atoms with Crippen LogP contribution in [0.5, 0.6) is 0 Å². The average molecular weight is 296 g/mol. The number of carbonyl (C=O) groups excluding carboxylic acids is 1. The summed E-state index contributed by atoms with van der Waals surface area (Å²) in [6.07, 6.45) is 7.13. The third-order valence-electron chi connectivity index (χ3n) is 4.76. The van der Waals surface area contributed by atoms with Gasteiger partial charge in [-0.3, -0.25) is 4.79 Å². The van der Waals surface area contributed by atoms with E-state index in [1.54, 1.807) is 0 Å². The topological polar surface area (TPSA) is 69.6 Å². The van der Waals surface area contributed by atoms with E-state index in [0.717, 1.165) is 38.6 Å². The summed E-state index contributed by atoms with van der Waals surface area (Å²) in [6.45, 7) is 4.98. The number of hydrogen-bond acceptors (Lipinski definition) is 2. The van der Waals surface area contributed by atoms with Gasteiger partial charge >= 0.3 is 12.0 Å². The summed E-state index contributed by atoms with van der Waals surface area (Å²) in [4.78, 5) is 25.7. The Morgan fingerprint density at radius 3 is 2.29 bits per heavy atom. The minimum absolute atomic E-state index is 0.0406. The van der Waals surface area contributed by atoms with Gasteiger partial charge in [0.2, 0.25) is 0 Å². The monoisotopic (exact) mass is 296 g/mol. The predicted octanol–water partition coefficient (Wildman–Crippen LogP) is 2.99. The molecule has 5 heteroatoms. The summed E-state index contributed by atoms with van der Waals surface area (Å²) in [7, 11) is 0. The maximum absolute atomic E-state index is 12.7. The van der Waals surface area contributed by atoms with Crippen LogP contribution in [0, 0.1) is 5.92 Å². The second-order valence-corrected chi connectivity index (χ2v) is 7.12. The predicted molar refractivity (Wildman–Crippen MR) is 81.2 cm³/mol. The van der Waals surface area contributed by atoms with Crippen LogP contribution in [0.15, 0.2) is 0 Å². The molecule has 0 spiro atoms. The van der Waals surface area contributed by atoms with E-state index in [2.05, 4.69) is 19.2 Å². The number of nitrogens with one attached hydrogen (secondary N) is 1. The quantitative estimate of drug-likeness (QED) is 0.791. The van der Waals surface area contributed by atoms with Gasteiger partial charge in [-0.05, 0) is 38.0 Å². The summed E-state index contributed by atoms with van der Waals surface area (Å²) in [5.41, 5.74) is -0.503. The molecule has 0 bridgehead atoms. The van der Waals surface area contributed by atoms with Crippen molar-refractivity contribution in [3.8, 4) is 0 Å². The zero-order valence-electron chi connectivity index (χ0n) is 13.2. The second-order valence-electron chi connectivity index (χ2n) is 7.12. The molecule has 0 aromatic rings. The van der Waals surface area contributed by atoms with Gasteiger partial charge in [-0.25, -0.2) is 4.79 Å². The lowest BCUT2D eigenvalue weighted by molar-refractivity contribution is -0.139. The van der Waals surface area contributed by atoms with Crippen molar-refractivity contribution in [1.29, 1.82) is 0 Å². The minimum Gasteiger partial charge on any atom is -0.481 e. The van der Waals surface area contributed by atoms with Gasteiger partial charge in [0, 0.05) is 12.6 Å². The number of hydrogen-bond donors (Lipinski definition) is 2. The fourth-order valence-electron chi connectivity index (χ4n) is 3.54. The van der Waals surface area contributed by atoms with Gasteiger partial charge in [0.25, 0.3) is 0 Å². The third-order valence-corrected chi connectivity index (χ3v) is 4.76. The lowest BCUT2D eigenvalue weighted by atomic mass is 9.74. The molecule has 0 unspecified atom stereocenters. The smallest absolute Gasteiger partial charge is 0.318 e. The fraction of sp³-hybridized carbons (Fsp3) is 0.875. The highest BCUT2D eigenvalue weighted by Crippen LogP contribution is 2.35. The molecule has 0 radical (unpaired) electrons. The normalized spacial score (nSPS) is 21.1. The van der Waals surface area contributed by atoms with E-state index >= 15 is 0 Å². The van der Waals surface area contributed by atoms with Gasteiger partial charge in [-0.1, -0.05) is 26.7 Å². The van der Waals surface area contributed by atoms with Crippen molar-refractivity contribution in [2.75, 3.05) is 6.54 Å². The van der Waals surface area contributed by atoms with Gasteiger partial charge in [0.05, 0.1) is 12.0 Å². The standard InChI is InChI=1S/C16H28N2O3/c1-12(2)11-18(13-6-3-4-7-13)15(21)17-16(8-5-9-16)10-14(19)20/h12-13H,3-11H2,1-2H3,(H,17,21)(H,19,20). The third kappa shape index (κ3) is 4.11. The minimum atomic E-state index is -0.828. The maximum Gasteiger partial charge on any atom is 0.318 e. The molecule has 21 heavy (non-hydrogen) atoms. The van der Waals surface area contributed by atoms with Crippen LogP contribution in [0.2, 0.25) is 0 Å². The van der Waals surface area contributed by atoms with Crippen LogP contribution in [0.1, 0.15) is 65.2 Å². The van der Waals surface area contributed by atoms with Crippen LogP contribution in [-0.4, -0.2) is 40.1 Å². The summed E-state index contributed by atoms with van der Waals surface area (Å²) >= 11 is 0. The molecule has 2 amide bonds. The van der Waals surface area contributed by atoms with Crippen molar-refractivity contribution in [1.82, 2.24) is 10.2 Å². The van der Waals surface area contributed by atoms with Crippen molar-refractivity contribution in [2.45, 2.75) is 76.8 Å². The lowest BCUT2D eigenvalue weighted by Gasteiger charge is -2.43. The Labute approximate surface area is 127 Å². The SMILES string of the molecule is CC(C)CN(C(=O)NC1(CC(=O)O)CCC1)C1CCCC1. The van der Waals surface area contributed by atoms with Gasteiger partial charge < -0.3 is 15.3 Å². The Morgan fingerprint density at radius 2 is 1.86 bits per heavy atom. The number of carbonyl (C=O) groups is 2. The molecule has 0 aromatic carbocycles. The average Bonchev–Trinajstić information content (AvgIpc) is 2.85. The van der Waals surface area contributed by atoms with Crippen LogP contribution in [-0.2, 0) is 4.79 Å². The first-order valence-corrected chi connectivity index (χ1v) is 8.22. The molecule has 2 N–H and O–H groups in total. The Hall–Kier alpha value is -1.26. The molecular weight excluding hydrogens is 268 g/mol. The molecule has 2 saturated carbocycles. The van der Waals surface area contributed by atoms with Gasteiger partial charge in [0.15, 0.2) is 0 Å². The summed E-state index contributed by atoms with van der Waals surface area (Å²) in [5, 5.41) is 12.1. The Kier molecular flexibility index (Phi) is 5.12. The highest BCUT2D eigenvalue weighted by molar-refractivity contribution is 5.77. The zero-order chi connectivity index (χ0) is 15.5. The highest BCUT2D eigenvalue weighted by Gasteiger charge is 2.42. The van der Waals surface area contributed by atoms with E-state index in [0.29, 0.717) is 12.0 Å². The molecule has 2 aliphatic rings. The molecule has 0 aliphatic heterocycles. The highest BCUT2D eigenvalue weighted by atomic mass is 16.4. The van der Waals surface area contributed by atoms with Crippen molar-refractivity contribution in [3.05, 3.63) is 0 Å². The summed E-state index contributed by atoms with van der Waals surface area (Å²) in [5.74, 6) is -0.403. The molecule has 0 atom stereocenters. The first kappa shape index (κ1) is 16.1. The largest absolute Gasteiger partial charge is 0.481 e. The molecule has 2 aliphatic carbocycles. The second kappa shape index (κ2) is 6.67. The maximum atomic E-state index is 12.7. The van der Waals surface area contributed by atoms with E-state index < -0.39 is 11.5 Å². The van der Waals surface area contributed by atoms with Crippen LogP contribution in [0.25, 0.3) is 0 Å². The zero-order valence-corrected chi connectivity index (χ0v) is 13.2. The molecule has 0 aromatic heterocycles. The van der Waals surface area contributed by atoms with Gasteiger partial charge in [-0.15, -0.1) is 0 Å². The Balaban J connectivity index is 2.01. The molecule has 2 fully saturated rings. The Bertz CT molecular complexity index is 385. The molecule has 0 heterocycles. The molecule has 5 nitrogen and oxygen atoms in total. The van der Waals surface area contributed by atoms with Crippen molar-refractivity contribution in [3.63, 3.8) is 0 Å². The number of aliphatic carboxylic acids is 1. The van der Waals surface area contributed by atoms with E-state index in [1.807, 2.05) is 4.90 Å². The van der Waals surface area contributed by atoms with Gasteiger partial charge in [-0.2, -0.15) is 0 Å². The van der Waals surface area contributed by atoms with Crippen molar-refractivity contribution >= 4 is 12.0 Å². The molecular formula is C16H28N2O3. The number of nitrogens with zero attached hydrogens (tertiary/aromatic N) is 1. The fourth-order valence-corrected chi connectivity index (χ4v) is 3.54. The number of carboxylic acids is 1. The number of carboxylic acid groups (broad SMARTS) is 1. The van der Waals surface area contributed by atoms with Crippen LogP contribution < -0.4 is 5.32 Å². The molecule has 2 rings (SSSR count). The Morgan fingerprint density at radius 1 is 1.24 bits per heavy atom. The van der Waals surface area contributed by atoms with E-state index in [9.17, 15) is 9.59 Å². The lowest BCUT2D eigenvalue weighted by Crippen LogP contribution is -2.59. The van der Waals surface area contributed by atoms with Crippen molar-refractivity contribution < 1.29 is 14.7 Å². The summed E-state index contributed by atoms with van der Waals surface area (Å²) < 4.78 is 0. The molecule has 0 saturated heterocycles. The van der Waals surface area contributed by atoms with Crippen LogP contribution in [0.4, 0.5) is 4.79 Å². The number of amides is 2. The van der Waals surface area contributed by atoms with Crippen LogP contribution >= 0.6 is 0 Å². The van der Waals surface area contributed by atoms with Gasteiger partial charge in [0.1, 0.15) is 0 Å². The summed E-state index contributed by atoms with van der Waals surface area (Å²) in [6, 6.07) is 0.269. The van der Waals surface area contributed by atoms with Crippen LogP contribution in [0.3, 0.4) is 0 Å². The first-order valence-electron chi connectivity index (χ1n) is 8.22. The number of urea groups is 1. The molecule has 120 valence electrons. The van der Waals surface area contributed by atoms with E-state index in [-0.39, 0.29) is 12.5 Å². The van der Waals surface area contributed by atoms with E-state index in [4.69, 9.17) is 5.11 Å². The number of rotatable bonds is 6. The first-order chi connectivity index (χ1) is 9.92.